The van der Waals surface area contributed by atoms with Gasteiger partial charge in [0.05, 0.1) is 5.92 Å². The van der Waals surface area contributed by atoms with Gasteiger partial charge in [-0.1, -0.05) is 20.3 Å². The Morgan fingerprint density at radius 3 is 2.61 bits per heavy atom. The van der Waals surface area contributed by atoms with Crippen LogP contribution in [-0.4, -0.2) is 41.1 Å². The van der Waals surface area contributed by atoms with Crippen LogP contribution in [0.5, 0.6) is 0 Å². The maximum atomic E-state index is 11.9. The van der Waals surface area contributed by atoms with Gasteiger partial charge in [0.1, 0.15) is 0 Å². The fourth-order valence-electron chi connectivity index (χ4n) is 2.28. The molecule has 2 amide bonds. The molecular formula is C13H24N2O3. The number of likely N-dealkylation sites (tertiary alicyclic amines) is 1. The minimum atomic E-state index is -0.807. The number of hydrogen-bond acceptors (Lipinski definition) is 2. The predicted molar refractivity (Wildman–Crippen MR) is 69.4 cm³/mol. The minimum absolute atomic E-state index is 0.130. The Bertz CT molecular complexity index is 307. The lowest BCUT2D eigenvalue weighted by Crippen LogP contribution is -2.43. The number of rotatable bonds is 5. The molecule has 0 bridgehead atoms. The van der Waals surface area contributed by atoms with Gasteiger partial charge in [-0.15, -0.1) is 0 Å². The first-order valence-electron chi connectivity index (χ1n) is 6.72. The standard InChI is InChI=1S/C13H24N2O3/c1-4-9(2)7-10(3)14-13(18)15-6-5-11(8-15)12(16)17/h9-11H,4-8H2,1-3H3,(H,14,18)(H,16,17). The van der Waals surface area contributed by atoms with E-state index in [0.29, 0.717) is 25.4 Å². The van der Waals surface area contributed by atoms with Crippen molar-refractivity contribution >= 4 is 12.0 Å². The van der Waals surface area contributed by atoms with E-state index in [1.54, 1.807) is 4.90 Å². The highest BCUT2D eigenvalue weighted by Crippen LogP contribution is 2.17. The summed E-state index contributed by atoms with van der Waals surface area (Å²) in [5, 5.41) is 11.8. The summed E-state index contributed by atoms with van der Waals surface area (Å²) in [4.78, 5) is 24.3. The Morgan fingerprint density at radius 2 is 2.11 bits per heavy atom. The van der Waals surface area contributed by atoms with E-state index in [1.807, 2.05) is 6.92 Å². The molecule has 0 aliphatic carbocycles. The number of carbonyl (C=O) groups excluding carboxylic acids is 1. The van der Waals surface area contributed by atoms with Crippen LogP contribution in [-0.2, 0) is 4.79 Å². The fourth-order valence-corrected chi connectivity index (χ4v) is 2.28. The smallest absolute Gasteiger partial charge is 0.317 e. The van der Waals surface area contributed by atoms with Crippen molar-refractivity contribution in [3.05, 3.63) is 0 Å². The monoisotopic (exact) mass is 256 g/mol. The molecule has 1 heterocycles. The van der Waals surface area contributed by atoms with Crippen molar-refractivity contribution in [1.82, 2.24) is 10.2 Å². The van der Waals surface area contributed by atoms with Crippen molar-refractivity contribution in [1.29, 1.82) is 0 Å². The first kappa shape index (κ1) is 14.8. The SMILES string of the molecule is CCC(C)CC(C)NC(=O)N1CCC(C(=O)O)C1. The molecule has 0 spiro atoms. The Hall–Kier alpha value is -1.26. The van der Waals surface area contributed by atoms with Gasteiger partial charge in [-0.3, -0.25) is 4.79 Å². The second-order valence-corrected chi connectivity index (χ2v) is 5.37. The number of amides is 2. The molecule has 0 saturated carbocycles. The number of aliphatic carboxylic acids is 1. The second kappa shape index (κ2) is 6.61. The summed E-state index contributed by atoms with van der Waals surface area (Å²) in [6.07, 6.45) is 2.62. The molecule has 2 N–H and O–H groups in total. The topological polar surface area (TPSA) is 69.6 Å². The largest absolute Gasteiger partial charge is 0.481 e. The molecule has 0 aromatic heterocycles. The zero-order chi connectivity index (χ0) is 13.7. The molecular weight excluding hydrogens is 232 g/mol. The van der Waals surface area contributed by atoms with Gasteiger partial charge in [0.2, 0.25) is 0 Å². The van der Waals surface area contributed by atoms with Crippen molar-refractivity contribution < 1.29 is 14.7 Å². The van der Waals surface area contributed by atoms with Gasteiger partial charge in [0.15, 0.2) is 0 Å². The van der Waals surface area contributed by atoms with Crippen molar-refractivity contribution in [3.63, 3.8) is 0 Å². The maximum absolute atomic E-state index is 11.9. The summed E-state index contributed by atoms with van der Waals surface area (Å²) in [5.41, 5.74) is 0. The van der Waals surface area contributed by atoms with Gasteiger partial charge < -0.3 is 15.3 Å². The molecule has 1 aliphatic heterocycles. The highest BCUT2D eigenvalue weighted by Gasteiger charge is 2.31. The zero-order valence-electron chi connectivity index (χ0n) is 11.5. The van der Waals surface area contributed by atoms with Gasteiger partial charge >= 0.3 is 12.0 Å². The van der Waals surface area contributed by atoms with E-state index >= 15 is 0 Å². The van der Waals surface area contributed by atoms with Gasteiger partial charge in [-0.25, -0.2) is 4.79 Å². The van der Waals surface area contributed by atoms with Crippen LogP contribution in [0.25, 0.3) is 0 Å². The van der Waals surface area contributed by atoms with Crippen LogP contribution >= 0.6 is 0 Å². The lowest BCUT2D eigenvalue weighted by Gasteiger charge is -2.22. The zero-order valence-corrected chi connectivity index (χ0v) is 11.5. The van der Waals surface area contributed by atoms with Crippen LogP contribution in [0, 0.1) is 11.8 Å². The number of carboxylic acid groups (broad SMARTS) is 1. The van der Waals surface area contributed by atoms with Crippen LogP contribution in [0.2, 0.25) is 0 Å². The van der Waals surface area contributed by atoms with Crippen molar-refractivity contribution in [3.8, 4) is 0 Å². The number of nitrogens with zero attached hydrogens (tertiary/aromatic N) is 1. The van der Waals surface area contributed by atoms with Gasteiger partial charge in [-0.05, 0) is 25.7 Å². The molecule has 5 heteroatoms. The molecule has 1 fully saturated rings. The summed E-state index contributed by atoms with van der Waals surface area (Å²) in [7, 11) is 0. The second-order valence-electron chi connectivity index (χ2n) is 5.37. The molecule has 1 rings (SSSR count). The normalized spacial score (nSPS) is 22.6. The molecule has 0 radical (unpaired) electrons. The number of urea groups is 1. The van der Waals surface area contributed by atoms with E-state index in [0.717, 1.165) is 12.8 Å². The molecule has 104 valence electrons. The van der Waals surface area contributed by atoms with Crippen LogP contribution < -0.4 is 5.32 Å². The lowest BCUT2D eigenvalue weighted by molar-refractivity contribution is -0.141. The van der Waals surface area contributed by atoms with Crippen LogP contribution in [0.1, 0.15) is 40.0 Å². The van der Waals surface area contributed by atoms with Crippen LogP contribution in [0.15, 0.2) is 0 Å². The number of nitrogens with one attached hydrogen (secondary N) is 1. The molecule has 3 unspecified atom stereocenters. The van der Waals surface area contributed by atoms with E-state index < -0.39 is 11.9 Å². The lowest BCUT2D eigenvalue weighted by atomic mass is 10.0. The highest BCUT2D eigenvalue weighted by atomic mass is 16.4. The molecule has 5 nitrogen and oxygen atoms in total. The summed E-state index contributed by atoms with van der Waals surface area (Å²) >= 11 is 0. The first-order chi connectivity index (χ1) is 8.43. The first-order valence-corrected chi connectivity index (χ1v) is 6.72. The van der Waals surface area contributed by atoms with E-state index in [1.165, 1.54) is 0 Å². The van der Waals surface area contributed by atoms with Gasteiger partial charge in [0, 0.05) is 19.1 Å². The quantitative estimate of drug-likeness (QED) is 0.789. The summed E-state index contributed by atoms with van der Waals surface area (Å²) < 4.78 is 0. The van der Waals surface area contributed by atoms with Gasteiger partial charge in [-0.2, -0.15) is 0 Å². The Labute approximate surface area is 109 Å². The Kier molecular flexibility index (Phi) is 5.44. The molecule has 1 saturated heterocycles. The number of carbonyl (C=O) groups is 2. The third-order valence-corrected chi connectivity index (χ3v) is 3.65. The van der Waals surface area contributed by atoms with E-state index in [-0.39, 0.29) is 12.1 Å². The van der Waals surface area contributed by atoms with Crippen molar-refractivity contribution in [2.24, 2.45) is 11.8 Å². The third kappa shape index (κ3) is 4.20. The molecule has 0 aromatic rings. The summed E-state index contributed by atoms with van der Waals surface area (Å²) in [6, 6.07) is 0.00545. The average molecular weight is 256 g/mol. The van der Waals surface area contributed by atoms with E-state index in [2.05, 4.69) is 19.2 Å². The van der Waals surface area contributed by atoms with E-state index in [9.17, 15) is 9.59 Å². The van der Waals surface area contributed by atoms with Crippen LogP contribution in [0.3, 0.4) is 0 Å². The highest BCUT2D eigenvalue weighted by molar-refractivity contribution is 5.77. The number of carboxylic acids is 1. The van der Waals surface area contributed by atoms with E-state index in [4.69, 9.17) is 5.11 Å². The third-order valence-electron chi connectivity index (χ3n) is 3.65. The molecule has 0 aromatic carbocycles. The van der Waals surface area contributed by atoms with Crippen molar-refractivity contribution in [2.45, 2.75) is 46.1 Å². The molecule has 18 heavy (non-hydrogen) atoms. The minimum Gasteiger partial charge on any atom is -0.481 e. The van der Waals surface area contributed by atoms with Gasteiger partial charge in [0.25, 0.3) is 0 Å². The average Bonchev–Trinajstić information content (AvgIpc) is 2.77. The molecule has 3 atom stereocenters. The summed E-state index contributed by atoms with van der Waals surface area (Å²) in [6.45, 7) is 7.17. The predicted octanol–water partition coefficient (Wildman–Crippen LogP) is 1.93. The Morgan fingerprint density at radius 1 is 1.44 bits per heavy atom. The summed E-state index contributed by atoms with van der Waals surface area (Å²) in [5.74, 6) is -0.621. The maximum Gasteiger partial charge on any atom is 0.317 e. The number of hydrogen-bond donors (Lipinski definition) is 2. The molecule has 1 aliphatic rings. The van der Waals surface area contributed by atoms with Crippen molar-refractivity contribution in [2.75, 3.05) is 13.1 Å². The van der Waals surface area contributed by atoms with Crippen LogP contribution in [0.4, 0.5) is 4.79 Å². The fraction of sp³-hybridized carbons (Fsp3) is 0.846. The Balaban J connectivity index is 2.35.